The quantitative estimate of drug-likeness (QED) is 0.302. The number of hydrogen-bond donors (Lipinski definition) is 1. The van der Waals surface area contributed by atoms with Gasteiger partial charge in [0.1, 0.15) is 13.2 Å². The van der Waals surface area contributed by atoms with Gasteiger partial charge in [-0.15, -0.1) is 0 Å². The van der Waals surface area contributed by atoms with Gasteiger partial charge in [0.2, 0.25) is 0 Å². The van der Waals surface area contributed by atoms with Crippen molar-refractivity contribution in [2.24, 2.45) is 0 Å². The van der Waals surface area contributed by atoms with E-state index in [-0.39, 0.29) is 19.6 Å². The van der Waals surface area contributed by atoms with E-state index in [0.717, 1.165) is 12.5 Å². The number of allylic oxidation sites excluding steroid dienone is 1. The van der Waals surface area contributed by atoms with E-state index in [1.165, 1.54) is 0 Å². The predicted octanol–water partition coefficient (Wildman–Crippen LogP) is 1.07. The maximum absolute atomic E-state index is 11.1. The number of carboxylic acids is 1. The van der Waals surface area contributed by atoms with Crippen molar-refractivity contribution in [3.05, 3.63) is 24.3 Å². The maximum atomic E-state index is 11.1. The van der Waals surface area contributed by atoms with Crippen LogP contribution in [0.2, 0.25) is 0 Å². The first-order valence-corrected chi connectivity index (χ1v) is 5.44. The zero-order valence-electron chi connectivity index (χ0n) is 10.1. The molecule has 6 heteroatoms. The Labute approximate surface area is 105 Å². The minimum Gasteiger partial charge on any atom is -0.478 e. The maximum Gasteiger partial charge on any atom is 0.331 e. The Bertz CT molecular complexity index is 342. The lowest BCUT2D eigenvalue weighted by Gasteiger charge is -2.03. The van der Waals surface area contributed by atoms with Crippen molar-refractivity contribution in [2.45, 2.75) is 19.8 Å². The average Bonchev–Trinajstić information content (AvgIpc) is 2.32. The Balaban J connectivity index is 3.61. The molecule has 0 aromatic carbocycles. The number of rotatable bonds is 8. The van der Waals surface area contributed by atoms with Gasteiger partial charge in [0.25, 0.3) is 0 Å². The largest absolute Gasteiger partial charge is 0.478 e. The second-order valence-electron chi connectivity index (χ2n) is 3.14. The first-order chi connectivity index (χ1) is 8.56. The van der Waals surface area contributed by atoms with Gasteiger partial charge in [-0.1, -0.05) is 19.1 Å². The molecule has 18 heavy (non-hydrogen) atoms. The fourth-order valence-electron chi connectivity index (χ4n) is 0.890. The lowest BCUT2D eigenvalue weighted by atomic mass is 10.3. The molecule has 0 aromatic rings. The van der Waals surface area contributed by atoms with Gasteiger partial charge in [-0.25, -0.2) is 9.59 Å². The number of carbonyl (C=O) groups excluding carboxylic acids is 2. The van der Waals surface area contributed by atoms with Crippen molar-refractivity contribution in [1.82, 2.24) is 0 Å². The minimum atomic E-state index is -1.24. The molecule has 0 rings (SSSR count). The van der Waals surface area contributed by atoms with E-state index in [9.17, 15) is 14.4 Å². The monoisotopic (exact) mass is 256 g/mol. The van der Waals surface area contributed by atoms with E-state index >= 15 is 0 Å². The minimum absolute atomic E-state index is 0.0501. The van der Waals surface area contributed by atoms with E-state index in [0.29, 0.717) is 6.08 Å². The van der Waals surface area contributed by atoms with E-state index in [1.807, 2.05) is 13.0 Å². The third-order valence-electron chi connectivity index (χ3n) is 1.64. The summed E-state index contributed by atoms with van der Waals surface area (Å²) in [6, 6.07) is 0. The molecule has 0 radical (unpaired) electrons. The summed E-state index contributed by atoms with van der Waals surface area (Å²) in [5.41, 5.74) is 0. The van der Waals surface area contributed by atoms with Crippen LogP contribution >= 0.6 is 0 Å². The van der Waals surface area contributed by atoms with Crippen LogP contribution in [0.3, 0.4) is 0 Å². The molecule has 0 aromatic heterocycles. The number of carboxylic acid groups (broad SMARTS) is 1. The number of esters is 2. The summed E-state index contributed by atoms with van der Waals surface area (Å²) >= 11 is 0. The van der Waals surface area contributed by atoms with Gasteiger partial charge in [-0.2, -0.15) is 0 Å². The highest BCUT2D eigenvalue weighted by Crippen LogP contribution is 1.91. The predicted molar refractivity (Wildman–Crippen MR) is 62.7 cm³/mol. The Morgan fingerprint density at radius 1 is 1.06 bits per heavy atom. The lowest BCUT2D eigenvalue weighted by molar-refractivity contribution is -0.149. The van der Waals surface area contributed by atoms with E-state index in [4.69, 9.17) is 9.84 Å². The van der Waals surface area contributed by atoms with Gasteiger partial charge in [0.15, 0.2) is 0 Å². The van der Waals surface area contributed by atoms with Gasteiger partial charge in [0, 0.05) is 12.2 Å². The summed E-state index contributed by atoms with van der Waals surface area (Å²) in [6.45, 7) is 1.80. The van der Waals surface area contributed by atoms with Crippen LogP contribution in [0.5, 0.6) is 0 Å². The number of aliphatic carboxylic acids is 1. The van der Waals surface area contributed by atoms with E-state index in [1.54, 1.807) is 6.08 Å². The van der Waals surface area contributed by atoms with Gasteiger partial charge in [-0.05, 0) is 6.42 Å². The SMILES string of the molecule is CC/C=C\CC(=O)OCCOC(=O)/C=C/C(=O)O. The molecule has 0 unspecified atom stereocenters. The first kappa shape index (κ1) is 15.9. The second-order valence-corrected chi connectivity index (χ2v) is 3.14. The van der Waals surface area contributed by atoms with Crippen molar-refractivity contribution >= 4 is 17.9 Å². The van der Waals surface area contributed by atoms with Crippen molar-refractivity contribution < 1.29 is 29.0 Å². The standard InChI is InChI=1S/C12H16O6/c1-2-3-4-5-11(15)17-8-9-18-12(16)7-6-10(13)14/h3-4,6-7H,2,5,8-9H2,1H3,(H,13,14)/b4-3-,7-6+. The Hall–Kier alpha value is -2.11. The normalized spacial score (nSPS) is 10.7. The van der Waals surface area contributed by atoms with Crippen molar-refractivity contribution in [3.63, 3.8) is 0 Å². The molecular weight excluding hydrogens is 240 g/mol. The first-order valence-electron chi connectivity index (χ1n) is 5.44. The third-order valence-corrected chi connectivity index (χ3v) is 1.64. The molecule has 0 saturated heterocycles. The summed E-state index contributed by atoms with van der Waals surface area (Å²) in [7, 11) is 0. The van der Waals surface area contributed by atoms with Crippen LogP contribution in [0.1, 0.15) is 19.8 Å². The van der Waals surface area contributed by atoms with Crippen LogP contribution in [-0.4, -0.2) is 36.2 Å². The highest BCUT2D eigenvalue weighted by atomic mass is 16.6. The van der Waals surface area contributed by atoms with E-state index in [2.05, 4.69) is 4.74 Å². The van der Waals surface area contributed by atoms with Gasteiger partial charge >= 0.3 is 17.9 Å². The molecular formula is C12H16O6. The Morgan fingerprint density at radius 2 is 1.72 bits per heavy atom. The van der Waals surface area contributed by atoms with Crippen LogP contribution < -0.4 is 0 Å². The fraction of sp³-hybridized carbons (Fsp3) is 0.417. The van der Waals surface area contributed by atoms with Gasteiger partial charge in [0.05, 0.1) is 6.42 Å². The zero-order valence-corrected chi connectivity index (χ0v) is 10.1. The average molecular weight is 256 g/mol. The van der Waals surface area contributed by atoms with Gasteiger partial charge < -0.3 is 14.6 Å². The molecule has 0 aliphatic heterocycles. The summed E-state index contributed by atoms with van der Waals surface area (Å²) < 4.78 is 9.34. The highest BCUT2D eigenvalue weighted by molar-refractivity contribution is 5.90. The molecule has 0 fully saturated rings. The molecule has 0 aliphatic carbocycles. The zero-order chi connectivity index (χ0) is 13.8. The second kappa shape index (κ2) is 10.1. The van der Waals surface area contributed by atoms with Crippen LogP contribution in [0, 0.1) is 0 Å². The molecule has 0 spiro atoms. The topological polar surface area (TPSA) is 89.9 Å². The molecule has 0 aliphatic rings. The molecule has 0 amide bonds. The number of ether oxygens (including phenoxy) is 2. The number of carbonyl (C=O) groups is 3. The molecule has 0 saturated carbocycles. The summed E-state index contributed by atoms with van der Waals surface area (Å²) in [5, 5.41) is 8.24. The highest BCUT2D eigenvalue weighted by Gasteiger charge is 2.01. The molecule has 6 nitrogen and oxygen atoms in total. The molecule has 100 valence electrons. The summed E-state index contributed by atoms with van der Waals surface area (Å²) in [4.78, 5) is 32.0. The molecule has 0 atom stereocenters. The summed E-state index contributed by atoms with van der Waals surface area (Å²) in [5.74, 6) is -2.43. The third kappa shape index (κ3) is 10.4. The van der Waals surface area contributed by atoms with Crippen molar-refractivity contribution in [3.8, 4) is 0 Å². The summed E-state index contributed by atoms with van der Waals surface area (Å²) in [6.07, 6.45) is 6.03. The Morgan fingerprint density at radius 3 is 2.33 bits per heavy atom. The van der Waals surface area contributed by atoms with Crippen LogP contribution in [0.15, 0.2) is 24.3 Å². The fourth-order valence-corrected chi connectivity index (χ4v) is 0.890. The van der Waals surface area contributed by atoms with Crippen molar-refractivity contribution in [1.29, 1.82) is 0 Å². The molecule has 0 bridgehead atoms. The molecule has 1 N–H and O–H groups in total. The van der Waals surface area contributed by atoms with E-state index < -0.39 is 17.9 Å². The van der Waals surface area contributed by atoms with Crippen LogP contribution in [-0.2, 0) is 23.9 Å². The lowest BCUT2D eigenvalue weighted by Crippen LogP contribution is -2.12. The molecule has 0 heterocycles. The van der Waals surface area contributed by atoms with Crippen LogP contribution in [0.25, 0.3) is 0 Å². The Kier molecular flexibility index (Phi) is 8.89. The van der Waals surface area contributed by atoms with Crippen molar-refractivity contribution in [2.75, 3.05) is 13.2 Å². The van der Waals surface area contributed by atoms with Crippen LogP contribution in [0.4, 0.5) is 0 Å². The van der Waals surface area contributed by atoms with Gasteiger partial charge in [-0.3, -0.25) is 4.79 Å². The smallest absolute Gasteiger partial charge is 0.331 e. The number of hydrogen-bond acceptors (Lipinski definition) is 5.